The number of nitrogens with one attached hydrogen (secondary N) is 2. The lowest BCUT2D eigenvalue weighted by Crippen LogP contribution is -2.38. The van der Waals surface area contributed by atoms with Crippen LogP contribution in [0.1, 0.15) is 16.1 Å². The number of hydrogen-bond acceptors (Lipinski definition) is 3. The molecule has 0 spiro atoms. The van der Waals surface area contributed by atoms with Crippen LogP contribution in [0.25, 0.3) is 10.9 Å². The highest BCUT2D eigenvalue weighted by Crippen LogP contribution is 2.37. The Kier molecular flexibility index (Phi) is 3.28. The first-order chi connectivity index (χ1) is 9.61. The van der Waals surface area contributed by atoms with Crippen molar-refractivity contribution in [3.63, 3.8) is 0 Å². The molecule has 0 aliphatic heterocycles. The van der Waals surface area contributed by atoms with Gasteiger partial charge in [0.1, 0.15) is 11.4 Å². The van der Waals surface area contributed by atoms with E-state index in [1.54, 1.807) is 0 Å². The molecule has 0 aliphatic rings. The highest BCUT2D eigenvalue weighted by molar-refractivity contribution is 6.06. The summed E-state index contributed by atoms with van der Waals surface area (Å²) in [5.41, 5.74) is 3.88. The van der Waals surface area contributed by atoms with Crippen LogP contribution in [0.5, 0.6) is 5.75 Å². The van der Waals surface area contributed by atoms with E-state index in [1.807, 2.05) is 0 Å². The maximum Gasteiger partial charge on any atom is 0.417 e. The predicted molar refractivity (Wildman–Crippen MR) is 69.0 cm³/mol. The summed E-state index contributed by atoms with van der Waals surface area (Å²) in [6.07, 6.45) is -4.67. The van der Waals surface area contributed by atoms with Crippen molar-refractivity contribution >= 4 is 22.8 Å². The lowest BCUT2D eigenvalue weighted by Gasteiger charge is -2.12. The fraction of sp³-hybridized carbons (Fsp3) is 0.167. The van der Waals surface area contributed by atoms with Crippen LogP contribution in [-0.2, 0) is 6.18 Å². The molecule has 2 rings (SSSR count). The van der Waals surface area contributed by atoms with Crippen LogP contribution < -0.4 is 5.73 Å². The molecule has 0 atom stereocenters. The smallest absolute Gasteiger partial charge is 0.417 e. The monoisotopic (exact) mass is 300 g/mol. The summed E-state index contributed by atoms with van der Waals surface area (Å²) in [5.74, 6) is -1.88. The van der Waals surface area contributed by atoms with E-state index >= 15 is 0 Å². The number of fused-ring (bicyclic) bond motifs is 1. The summed E-state index contributed by atoms with van der Waals surface area (Å²) < 4.78 is 38.8. The molecule has 1 amide bonds. The number of alkyl halides is 3. The second-order valence-corrected chi connectivity index (χ2v) is 4.38. The van der Waals surface area contributed by atoms with E-state index in [1.165, 1.54) is 7.05 Å². The molecule has 5 N–H and O–H groups in total. The molecule has 1 aromatic heterocycles. The Morgan fingerprint density at radius 3 is 2.52 bits per heavy atom. The van der Waals surface area contributed by atoms with E-state index in [-0.39, 0.29) is 16.6 Å². The summed E-state index contributed by atoms with van der Waals surface area (Å²) in [4.78, 5) is 15.2. The zero-order valence-electron chi connectivity index (χ0n) is 10.7. The second-order valence-electron chi connectivity index (χ2n) is 4.38. The van der Waals surface area contributed by atoms with Crippen molar-refractivity contribution in [3.8, 4) is 5.75 Å². The number of amides is 1. The lowest BCUT2D eigenvalue weighted by atomic mass is 10.1. The van der Waals surface area contributed by atoms with Gasteiger partial charge in [0, 0.05) is 18.5 Å². The van der Waals surface area contributed by atoms with Gasteiger partial charge in [0.2, 0.25) is 0 Å². The molecule has 21 heavy (non-hydrogen) atoms. The van der Waals surface area contributed by atoms with Gasteiger partial charge in [0.15, 0.2) is 5.96 Å². The molecule has 9 heteroatoms. The Morgan fingerprint density at radius 1 is 1.38 bits per heavy atom. The molecular formula is C12H11F3N4O2. The van der Waals surface area contributed by atoms with Crippen molar-refractivity contribution in [2.24, 2.45) is 5.73 Å². The van der Waals surface area contributed by atoms with Crippen molar-refractivity contribution in [3.05, 3.63) is 29.5 Å². The number of benzene rings is 1. The van der Waals surface area contributed by atoms with Crippen molar-refractivity contribution in [2.45, 2.75) is 6.18 Å². The van der Waals surface area contributed by atoms with Gasteiger partial charge < -0.3 is 15.8 Å². The molecule has 6 nitrogen and oxygen atoms in total. The average molecular weight is 300 g/mol. The zero-order chi connectivity index (χ0) is 15.9. The number of carbonyl (C=O) groups excluding carboxylic acids is 1. The molecule has 1 aromatic carbocycles. The van der Waals surface area contributed by atoms with Gasteiger partial charge in [-0.3, -0.25) is 15.1 Å². The summed E-state index contributed by atoms with van der Waals surface area (Å²) in [5, 5.41) is 16.2. The van der Waals surface area contributed by atoms with Crippen molar-refractivity contribution < 1.29 is 23.1 Å². The number of nitrogens with zero attached hydrogens (tertiary/aromatic N) is 1. The number of phenolic OH excluding ortho intramolecular Hbond substituents is 1. The maximum absolute atomic E-state index is 12.9. The first-order valence-corrected chi connectivity index (χ1v) is 5.66. The number of aromatic amines is 1. The van der Waals surface area contributed by atoms with Gasteiger partial charge in [-0.1, -0.05) is 0 Å². The Hall–Kier alpha value is -2.71. The largest absolute Gasteiger partial charge is 0.508 e. The van der Waals surface area contributed by atoms with Gasteiger partial charge >= 0.3 is 6.18 Å². The molecule has 1 heterocycles. The second kappa shape index (κ2) is 4.69. The van der Waals surface area contributed by atoms with Crippen LogP contribution in [0.4, 0.5) is 13.2 Å². The zero-order valence-corrected chi connectivity index (χ0v) is 10.7. The van der Waals surface area contributed by atoms with Crippen molar-refractivity contribution in [1.29, 1.82) is 5.41 Å². The fourth-order valence-electron chi connectivity index (χ4n) is 1.86. The number of aromatic nitrogens is 1. The van der Waals surface area contributed by atoms with Gasteiger partial charge in [-0.15, -0.1) is 0 Å². The van der Waals surface area contributed by atoms with Crippen molar-refractivity contribution in [1.82, 2.24) is 9.88 Å². The molecule has 0 bridgehead atoms. The lowest BCUT2D eigenvalue weighted by molar-refractivity contribution is -0.136. The minimum absolute atomic E-state index is 0.0392. The Bertz CT molecular complexity index is 736. The van der Waals surface area contributed by atoms with E-state index in [2.05, 4.69) is 4.98 Å². The van der Waals surface area contributed by atoms with Gasteiger partial charge in [-0.2, -0.15) is 13.2 Å². The third-order valence-corrected chi connectivity index (χ3v) is 2.92. The third kappa shape index (κ3) is 2.62. The molecule has 112 valence electrons. The Balaban J connectivity index is 2.62. The minimum Gasteiger partial charge on any atom is -0.508 e. The van der Waals surface area contributed by atoms with E-state index < -0.39 is 29.4 Å². The van der Waals surface area contributed by atoms with Gasteiger partial charge in [0.05, 0.1) is 11.1 Å². The van der Waals surface area contributed by atoms with Gasteiger partial charge in [-0.25, -0.2) is 0 Å². The van der Waals surface area contributed by atoms with Crippen LogP contribution >= 0.6 is 0 Å². The van der Waals surface area contributed by atoms with Crippen LogP contribution in [0.3, 0.4) is 0 Å². The Morgan fingerprint density at radius 2 is 2.00 bits per heavy atom. The number of rotatable bonds is 1. The van der Waals surface area contributed by atoms with Gasteiger partial charge in [0.25, 0.3) is 5.91 Å². The number of carbonyl (C=O) groups is 1. The number of phenols is 1. The standard InChI is InChI=1S/C12H11F3N4O2/c1-19(11(16)17)10(21)9-4-6-7(12(13,14)15)2-5(20)3-8(6)18-9/h2-4,18,20H,1H3,(H3,16,17). The SMILES string of the molecule is CN(C(=N)N)C(=O)c1cc2c(C(F)(F)F)cc(O)cc2[nH]1. The quantitative estimate of drug-likeness (QED) is 0.477. The molecule has 0 saturated heterocycles. The van der Waals surface area contributed by atoms with E-state index in [4.69, 9.17) is 11.1 Å². The molecule has 0 fully saturated rings. The molecule has 0 aliphatic carbocycles. The summed E-state index contributed by atoms with van der Waals surface area (Å²) >= 11 is 0. The van der Waals surface area contributed by atoms with Crippen LogP contribution in [0.15, 0.2) is 18.2 Å². The topological polar surface area (TPSA) is 106 Å². The number of halogens is 3. The molecule has 2 aromatic rings. The van der Waals surface area contributed by atoms with E-state index in [0.29, 0.717) is 6.07 Å². The van der Waals surface area contributed by atoms with Crippen molar-refractivity contribution in [2.75, 3.05) is 7.05 Å². The summed E-state index contributed by atoms with van der Waals surface area (Å²) in [6.45, 7) is 0. The normalized spacial score (nSPS) is 11.6. The van der Waals surface area contributed by atoms with Crippen LogP contribution in [0, 0.1) is 5.41 Å². The van der Waals surface area contributed by atoms with E-state index in [0.717, 1.165) is 17.0 Å². The predicted octanol–water partition coefficient (Wildman–Crippen LogP) is 1.86. The fourth-order valence-corrected chi connectivity index (χ4v) is 1.86. The Labute approximate surface area is 116 Å². The minimum atomic E-state index is -4.67. The average Bonchev–Trinajstić information content (AvgIpc) is 2.77. The van der Waals surface area contributed by atoms with Crippen LogP contribution in [-0.4, -0.2) is 33.9 Å². The first kappa shape index (κ1) is 14.7. The number of aromatic hydroxyl groups is 1. The van der Waals surface area contributed by atoms with Crippen LogP contribution in [0.2, 0.25) is 0 Å². The maximum atomic E-state index is 12.9. The number of H-pyrrole nitrogens is 1. The summed E-state index contributed by atoms with van der Waals surface area (Å²) in [6, 6.07) is 2.67. The third-order valence-electron chi connectivity index (χ3n) is 2.92. The van der Waals surface area contributed by atoms with E-state index in [9.17, 15) is 23.1 Å². The highest BCUT2D eigenvalue weighted by atomic mass is 19.4. The number of hydrogen-bond donors (Lipinski definition) is 4. The summed E-state index contributed by atoms with van der Waals surface area (Å²) in [7, 11) is 1.22. The number of guanidine groups is 1. The molecule has 0 unspecified atom stereocenters. The highest BCUT2D eigenvalue weighted by Gasteiger charge is 2.34. The van der Waals surface area contributed by atoms with Gasteiger partial charge in [-0.05, 0) is 12.1 Å². The molecular weight excluding hydrogens is 289 g/mol. The number of nitrogens with two attached hydrogens (primary N) is 1. The molecule has 0 saturated carbocycles. The molecule has 0 radical (unpaired) electrons. The first-order valence-electron chi connectivity index (χ1n) is 5.66.